The van der Waals surface area contributed by atoms with Crippen LogP contribution in [0.25, 0.3) is 0 Å². The molecule has 1 aliphatic rings. The molecule has 1 saturated carbocycles. The molecule has 0 unspecified atom stereocenters. The van der Waals surface area contributed by atoms with Crippen molar-refractivity contribution in [3.8, 4) is 0 Å². The van der Waals surface area contributed by atoms with Crippen molar-refractivity contribution in [2.45, 2.75) is 46.6 Å². The number of aryl methyl sites for hydroxylation is 1. The first-order valence-corrected chi connectivity index (χ1v) is 7.72. The standard InChI is InChI=1S/C16H27N3/c1-4-15-9-14(11-17-5-2)10-16(18-15)19(6-3)12-13-7-8-13/h9-10,13,17H,4-8,11-12H2,1-3H3. The summed E-state index contributed by atoms with van der Waals surface area (Å²) in [6.45, 7) is 10.7. The van der Waals surface area contributed by atoms with Crippen LogP contribution in [-0.4, -0.2) is 24.6 Å². The number of anilines is 1. The molecule has 0 atom stereocenters. The first-order valence-electron chi connectivity index (χ1n) is 7.72. The third kappa shape index (κ3) is 4.20. The summed E-state index contributed by atoms with van der Waals surface area (Å²) in [6.07, 6.45) is 3.80. The fourth-order valence-electron chi connectivity index (χ4n) is 2.34. The molecule has 1 heterocycles. The van der Waals surface area contributed by atoms with E-state index >= 15 is 0 Å². The molecule has 0 aliphatic heterocycles. The van der Waals surface area contributed by atoms with Crippen LogP contribution in [0.15, 0.2) is 12.1 Å². The van der Waals surface area contributed by atoms with E-state index in [-0.39, 0.29) is 0 Å². The highest BCUT2D eigenvalue weighted by Crippen LogP contribution is 2.31. The number of pyridine rings is 1. The summed E-state index contributed by atoms with van der Waals surface area (Å²) >= 11 is 0. The van der Waals surface area contributed by atoms with Crippen molar-refractivity contribution in [1.29, 1.82) is 0 Å². The molecule has 1 N–H and O–H groups in total. The van der Waals surface area contributed by atoms with Gasteiger partial charge in [-0.05, 0) is 56.3 Å². The second-order valence-electron chi connectivity index (χ2n) is 5.44. The number of rotatable bonds is 8. The molecule has 19 heavy (non-hydrogen) atoms. The van der Waals surface area contributed by atoms with Gasteiger partial charge in [0.15, 0.2) is 0 Å². The van der Waals surface area contributed by atoms with Gasteiger partial charge in [-0.15, -0.1) is 0 Å². The van der Waals surface area contributed by atoms with Crippen molar-refractivity contribution >= 4 is 5.82 Å². The maximum atomic E-state index is 4.81. The summed E-state index contributed by atoms with van der Waals surface area (Å²) < 4.78 is 0. The Morgan fingerprint density at radius 1 is 1.26 bits per heavy atom. The van der Waals surface area contributed by atoms with Gasteiger partial charge in [0, 0.05) is 25.3 Å². The molecule has 0 amide bonds. The molecule has 106 valence electrons. The van der Waals surface area contributed by atoms with Crippen LogP contribution in [0.2, 0.25) is 0 Å². The van der Waals surface area contributed by atoms with E-state index in [0.717, 1.165) is 32.0 Å². The van der Waals surface area contributed by atoms with Crippen LogP contribution >= 0.6 is 0 Å². The largest absolute Gasteiger partial charge is 0.357 e. The van der Waals surface area contributed by atoms with E-state index in [0.29, 0.717) is 0 Å². The maximum Gasteiger partial charge on any atom is 0.129 e. The quantitative estimate of drug-likeness (QED) is 0.780. The first-order chi connectivity index (χ1) is 9.26. The van der Waals surface area contributed by atoms with E-state index in [2.05, 4.69) is 43.1 Å². The first kappa shape index (κ1) is 14.3. The minimum Gasteiger partial charge on any atom is -0.357 e. The van der Waals surface area contributed by atoms with E-state index in [4.69, 9.17) is 4.98 Å². The van der Waals surface area contributed by atoms with Gasteiger partial charge in [-0.1, -0.05) is 13.8 Å². The zero-order valence-corrected chi connectivity index (χ0v) is 12.6. The van der Waals surface area contributed by atoms with Gasteiger partial charge < -0.3 is 10.2 Å². The van der Waals surface area contributed by atoms with Crippen molar-refractivity contribution in [1.82, 2.24) is 10.3 Å². The summed E-state index contributed by atoms with van der Waals surface area (Å²) in [5.74, 6) is 2.07. The number of nitrogens with one attached hydrogen (secondary N) is 1. The van der Waals surface area contributed by atoms with Crippen molar-refractivity contribution in [3.05, 3.63) is 23.4 Å². The predicted molar refractivity (Wildman–Crippen MR) is 81.6 cm³/mol. The van der Waals surface area contributed by atoms with Crippen molar-refractivity contribution in [3.63, 3.8) is 0 Å². The highest BCUT2D eigenvalue weighted by atomic mass is 15.2. The van der Waals surface area contributed by atoms with Crippen LogP contribution in [-0.2, 0) is 13.0 Å². The summed E-state index contributed by atoms with van der Waals surface area (Å²) in [4.78, 5) is 7.25. The predicted octanol–water partition coefficient (Wildman–Crippen LogP) is 2.99. The number of aromatic nitrogens is 1. The van der Waals surface area contributed by atoms with E-state index in [9.17, 15) is 0 Å². The normalized spacial score (nSPS) is 14.7. The Balaban J connectivity index is 2.15. The van der Waals surface area contributed by atoms with Crippen LogP contribution in [0.1, 0.15) is 44.9 Å². The summed E-state index contributed by atoms with van der Waals surface area (Å²) in [7, 11) is 0. The van der Waals surface area contributed by atoms with Gasteiger partial charge >= 0.3 is 0 Å². The average Bonchev–Trinajstić information content (AvgIpc) is 3.26. The third-order valence-electron chi connectivity index (χ3n) is 3.75. The minimum absolute atomic E-state index is 0.907. The van der Waals surface area contributed by atoms with Gasteiger partial charge in [0.25, 0.3) is 0 Å². The van der Waals surface area contributed by atoms with Gasteiger partial charge in [0.05, 0.1) is 0 Å². The lowest BCUT2D eigenvalue weighted by Gasteiger charge is -2.23. The topological polar surface area (TPSA) is 28.2 Å². The Morgan fingerprint density at radius 2 is 2.05 bits per heavy atom. The van der Waals surface area contributed by atoms with Crippen molar-refractivity contribution in [2.24, 2.45) is 5.92 Å². The zero-order chi connectivity index (χ0) is 13.7. The third-order valence-corrected chi connectivity index (χ3v) is 3.75. The molecule has 1 aromatic rings. The second kappa shape index (κ2) is 6.90. The highest BCUT2D eigenvalue weighted by Gasteiger charge is 2.24. The van der Waals surface area contributed by atoms with Gasteiger partial charge in [-0.25, -0.2) is 4.98 Å². The Bertz CT molecular complexity index is 399. The van der Waals surface area contributed by atoms with Crippen molar-refractivity contribution < 1.29 is 0 Å². The fourth-order valence-corrected chi connectivity index (χ4v) is 2.34. The lowest BCUT2D eigenvalue weighted by Crippen LogP contribution is -2.26. The smallest absolute Gasteiger partial charge is 0.129 e. The Hall–Kier alpha value is -1.09. The molecule has 0 aromatic carbocycles. The van der Waals surface area contributed by atoms with Crippen LogP contribution in [0, 0.1) is 5.92 Å². The van der Waals surface area contributed by atoms with Crippen LogP contribution in [0.5, 0.6) is 0 Å². The molecular formula is C16H27N3. The lowest BCUT2D eigenvalue weighted by atomic mass is 10.2. The molecule has 0 spiro atoms. The molecule has 2 rings (SSSR count). The summed E-state index contributed by atoms with van der Waals surface area (Å²) in [6, 6.07) is 4.49. The average molecular weight is 261 g/mol. The maximum absolute atomic E-state index is 4.81. The van der Waals surface area contributed by atoms with Gasteiger partial charge in [-0.2, -0.15) is 0 Å². The van der Waals surface area contributed by atoms with Crippen LogP contribution in [0.4, 0.5) is 5.82 Å². The summed E-state index contributed by atoms with van der Waals surface area (Å²) in [5.41, 5.74) is 2.57. The molecule has 0 bridgehead atoms. The Labute approximate surface area is 117 Å². The minimum atomic E-state index is 0.907. The van der Waals surface area contributed by atoms with E-state index in [1.807, 2.05) is 0 Å². The van der Waals surface area contributed by atoms with Gasteiger partial charge in [0.1, 0.15) is 5.82 Å². The number of hydrogen-bond acceptors (Lipinski definition) is 3. The molecule has 1 aromatic heterocycles. The van der Waals surface area contributed by atoms with Crippen LogP contribution in [0.3, 0.4) is 0 Å². The molecular weight excluding hydrogens is 234 g/mol. The Morgan fingerprint density at radius 3 is 2.63 bits per heavy atom. The molecule has 3 heteroatoms. The van der Waals surface area contributed by atoms with Gasteiger partial charge in [-0.3, -0.25) is 0 Å². The zero-order valence-electron chi connectivity index (χ0n) is 12.6. The van der Waals surface area contributed by atoms with Crippen LogP contribution < -0.4 is 10.2 Å². The number of nitrogens with zero attached hydrogens (tertiary/aromatic N) is 2. The number of hydrogen-bond donors (Lipinski definition) is 1. The van der Waals surface area contributed by atoms with E-state index in [1.54, 1.807) is 0 Å². The lowest BCUT2D eigenvalue weighted by molar-refractivity contribution is 0.712. The second-order valence-corrected chi connectivity index (χ2v) is 5.44. The molecule has 1 fully saturated rings. The van der Waals surface area contributed by atoms with Crippen molar-refractivity contribution in [2.75, 3.05) is 24.5 Å². The summed E-state index contributed by atoms with van der Waals surface area (Å²) in [5, 5.41) is 3.41. The molecule has 3 nitrogen and oxygen atoms in total. The molecule has 0 radical (unpaired) electrons. The molecule has 0 saturated heterocycles. The molecule has 1 aliphatic carbocycles. The fraction of sp³-hybridized carbons (Fsp3) is 0.688. The van der Waals surface area contributed by atoms with E-state index in [1.165, 1.54) is 36.5 Å². The highest BCUT2D eigenvalue weighted by molar-refractivity contribution is 5.43. The van der Waals surface area contributed by atoms with E-state index < -0.39 is 0 Å². The SMILES string of the molecule is CCNCc1cc(CC)nc(N(CC)CC2CC2)c1. The van der Waals surface area contributed by atoms with Gasteiger partial charge in [0.2, 0.25) is 0 Å². The monoisotopic (exact) mass is 261 g/mol. The Kier molecular flexibility index (Phi) is 5.20.